The maximum absolute atomic E-state index is 12.1. The summed E-state index contributed by atoms with van der Waals surface area (Å²) in [6.45, 7) is 1.97. The molecule has 1 aromatic carbocycles. The Bertz CT molecular complexity index is 686. The Morgan fingerprint density at radius 3 is 2.70 bits per heavy atom. The fourth-order valence-electron chi connectivity index (χ4n) is 1.62. The van der Waals surface area contributed by atoms with Crippen LogP contribution in [0.3, 0.4) is 0 Å². The number of halogens is 1. The summed E-state index contributed by atoms with van der Waals surface area (Å²) in [4.78, 5) is 27.0. The molecule has 5 nitrogen and oxygen atoms in total. The minimum Gasteiger partial charge on any atom is -0.478 e. The molecule has 20 heavy (non-hydrogen) atoms. The number of aryl methyl sites for hydroxylation is 1. The SMILES string of the molecule is Cc1ccc(NC(=O)c2ncccc2C(=O)O)cc1I. The van der Waals surface area contributed by atoms with Crippen LogP contribution in [0.15, 0.2) is 36.5 Å². The van der Waals surface area contributed by atoms with Crippen molar-refractivity contribution in [1.29, 1.82) is 0 Å². The molecule has 102 valence electrons. The molecule has 0 aliphatic carbocycles. The molecule has 0 atom stereocenters. The van der Waals surface area contributed by atoms with E-state index in [2.05, 4.69) is 32.9 Å². The zero-order valence-electron chi connectivity index (χ0n) is 10.6. The summed E-state index contributed by atoms with van der Waals surface area (Å²) in [6.07, 6.45) is 1.39. The van der Waals surface area contributed by atoms with E-state index in [4.69, 9.17) is 5.11 Å². The molecule has 1 heterocycles. The zero-order valence-corrected chi connectivity index (χ0v) is 12.7. The number of hydrogen-bond acceptors (Lipinski definition) is 3. The summed E-state index contributed by atoms with van der Waals surface area (Å²) >= 11 is 2.17. The molecule has 6 heteroatoms. The van der Waals surface area contributed by atoms with Crippen molar-refractivity contribution in [1.82, 2.24) is 4.98 Å². The fourth-order valence-corrected chi connectivity index (χ4v) is 2.14. The molecule has 0 unspecified atom stereocenters. The molecule has 0 aliphatic heterocycles. The van der Waals surface area contributed by atoms with Gasteiger partial charge in [0, 0.05) is 15.5 Å². The Balaban J connectivity index is 2.28. The van der Waals surface area contributed by atoms with E-state index in [1.807, 2.05) is 19.1 Å². The zero-order chi connectivity index (χ0) is 14.7. The summed E-state index contributed by atoms with van der Waals surface area (Å²) in [6, 6.07) is 8.29. The molecule has 0 fully saturated rings. The standard InChI is InChI=1S/C14H11IN2O3/c1-8-4-5-9(7-11(8)15)17-13(18)12-10(14(19)20)3-2-6-16-12/h2-7H,1H3,(H,17,18)(H,19,20). The second-order valence-electron chi connectivity index (χ2n) is 4.12. The first kappa shape index (κ1) is 14.4. The van der Waals surface area contributed by atoms with Crippen molar-refractivity contribution in [3.8, 4) is 0 Å². The van der Waals surface area contributed by atoms with Crippen molar-refractivity contribution in [2.24, 2.45) is 0 Å². The van der Waals surface area contributed by atoms with E-state index in [0.29, 0.717) is 5.69 Å². The van der Waals surface area contributed by atoms with Gasteiger partial charge in [-0.25, -0.2) is 4.79 Å². The number of pyridine rings is 1. The van der Waals surface area contributed by atoms with Crippen molar-refractivity contribution in [3.05, 3.63) is 56.9 Å². The van der Waals surface area contributed by atoms with E-state index in [1.165, 1.54) is 18.3 Å². The number of benzene rings is 1. The van der Waals surface area contributed by atoms with E-state index in [1.54, 1.807) is 6.07 Å². The smallest absolute Gasteiger partial charge is 0.338 e. The largest absolute Gasteiger partial charge is 0.478 e. The summed E-state index contributed by atoms with van der Waals surface area (Å²) in [7, 11) is 0. The lowest BCUT2D eigenvalue weighted by Crippen LogP contribution is -2.18. The van der Waals surface area contributed by atoms with Crippen LogP contribution >= 0.6 is 22.6 Å². The Hall–Kier alpha value is -1.96. The number of carbonyl (C=O) groups is 2. The van der Waals surface area contributed by atoms with Crippen molar-refractivity contribution < 1.29 is 14.7 Å². The van der Waals surface area contributed by atoms with Gasteiger partial charge in [-0.2, -0.15) is 0 Å². The molecule has 0 radical (unpaired) electrons. The van der Waals surface area contributed by atoms with Crippen molar-refractivity contribution >= 4 is 40.2 Å². The van der Waals surface area contributed by atoms with Gasteiger partial charge in [0.15, 0.2) is 0 Å². The molecule has 2 aromatic rings. The van der Waals surface area contributed by atoms with Gasteiger partial charge in [-0.15, -0.1) is 0 Å². The predicted molar refractivity (Wildman–Crippen MR) is 83.0 cm³/mol. The topological polar surface area (TPSA) is 79.3 Å². The van der Waals surface area contributed by atoms with E-state index < -0.39 is 11.9 Å². The number of carbonyl (C=O) groups excluding carboxylic acids is 1. The van der Waals surface area contributed by atoms with Crippen LogP contribution in [0.2, 0.25) is 0 Å². The third-order valence-corrected chi connectivity index (χ3v) is 3.85. The Morgan fingerprint density at radius 2 is 2.05 bits per heavy atom. The Labute approximate surface area is 129 Å². The monoisotopic (exact) mass is 382 g/mol. The normalized spacial score (nSPS) is 10.1. The lowest BCUT2D eigenvalue weighted by atomic mass is 10.1. The molecule has 0 spiro atoms. The van der Waals surface area contributed by atoms with Crippen LogP contribution in [-0.4, -0.2) is 22.0 Å². The van der Waals surface area contributed by atoms with Gasteiger partial charge in [-0.1, -0.05) is 6.07 Å². The number of nitrogens with one attached hydrogen (secondary N) is 1. The second-order valence-corrected chi connectivity index (χ2v) is 5.28. The molecular weight excluding hydrogens is 371 g/mol. The molecule has 1 amide bonds. The third kappa shape index (κ3) is 3.13. The van der Waals surface area contributed by atoms with Gasteiger partial charge >= 0.3 is 5.97 Å². The number of nitrogens with zero attached hydrogens (tertiary/aromatic N) is 1. The average Bonchev–Trinajstić information content (AvgIpc) is 2.43. The first-order valence-corrected chi connectivity index (χ1v) is 6.82. The van der Waals surface area contributed by atoms with E-state index >= 15 is 0 Å². The lowest BCUT2D eigenvalue weighted by molar-refractivity contribution is 0.0691. The Morgan fingerprint density at radius 1 is 1.30 bits per heavy atom. The van der Waals surface area contributed by atoms with E-state index in [-0.39, 0.29) is 11.3 Å². The molecule has 0 aliphatic rings. The van der Waals surface area contributed by atoms with Crippen LogP contribution in [0.5, 0.6) is 0 Å². The quantitative estimate of drug-likeness (QED) is 0.801. The molecule has 0 saturated carbocycles. The maximum atomic E-state index is 12.1. The molecule has 1 aromatic heterocycles. The predicted octanol–water partition coefficient (Wildman–Crippen LogP) is 2.95. The van der Waals surface area contributed by atoms with Crippen LogP contribution < -0.4 is 5.32 Å². The van der Waals surface area contributed by atoms with Gasteiger partial charge in [0.2, 0.25) is 0 Å². The second kappa shape index (κ2) is 6.00. The van der Waals surface area contributed by atoms with Gasteiger partial charge in [0.25, 0.3) is 5.91 Å². The van der Waals surface area contributed by atoms with E-state index in [9.17, 15) is 9.59 Å². The first-order chi connectivity index (χ1) is 9.49. The summed E-state index contributed by atoms with van der Waals surface area (Å²) in [5.41, 5.74) is 1.49. The van der Waals surface area contributed by atoms with Gasteiger partial charge in [0.1, 0.15) is 5.69 Å². The van der Waals surface area contributed by atoms with Crippen molar-refractivity contribution in [2.45, 2.75) is 6.92 Å². The minimum absolute atomic E-state index is 0.101. The first-order valence-electron chi connectivity index (χ1n) is 5.75. The average molecular weight is 382 g/mol. The van der Waals surface area contributed by atoms with Crippen LogP contribution in [0.1, 0.15) is 26.4 Å². The highest BCUT2D eigenvalue weighted by molar-refractivity contribution is 14.1. The van der Waals surface area contributed by atoms with Gasteiger partial charge in [0.05, 0.1) is 5.56 Å². The van der Waals surface area contributed by atoms with Crippen LogP contribution in [-0.2, 0) is 0 Å². The van der Waals surface area contributed by atoms with Gasteiger partial charge < -0.3 is 10.4 Å². The minimum atomic E-state index is -1.18. The molecular formula is C14H11IN2O3. The summed E-state index contributed by atoms with van der Waals surface area (Å²) < 4.78 is 1.01. The number of aromatic nitrogens is 1. The number of carboxylic acids is 1. The van der Waals surface area contributed by atoms with Crippen LogP contribution in [0.25, 0.3) is 0 Å². The van der Waals surface area contributed by atoms with Gasteiger partial charge in [-0.3, -0.25) is 9.78 Å². The maximum Gasteiger partial charge on any atom is 0.338 e. The third-order valence-electron chi connectivity index (χ3n) is 2.68. The molecule has 0 bridgehead atoms. The van der Waals surface area contributed by atoms with Crippen molar-refractivity contribution in [3.63, 3.8) is 0 Å². The Kier molecular flexibility index (Phi) is 4.33. The van der Waals surface area contributed by atoms with E-state index in [0.717, 1.165) is 9.13 Å². The number of hydrogen-bond donors (Lipinski definition) is 2. The highest BCUT2D eigenvalue weighted by atomic mass is 127. The molecule has 0 saturated heterocycles. The highest BCUT2D eigenvalue weighted by Gasteiger charge is 2.17. The number of rotatable bonds is 3. The lowest BCUT2D eigenvalue weighted by Gasteiger charge is -2.08. The summed E-state index contributed by atoms with van der Waals surface area (Å²) in [5.74, 6) is -1.72. The molecule has 2 N–H and O–H groups in total. The van der Waals surface area contributed by atoms with Crippen LogP contribution in [0, 0.1) is 10.5 Å². The number of aromatic carboxylic acids is 1. The number of amides is 1. The molecule has 2 rings (SSSR count). The summed E-state index contributed by atoms with van der Waals surface area (Å²) in [5, 5.41) is 11.7. The van der Waals surface area contributed by atoms with Crippen molar-refractivity contribution in [2.75, 3.05) is 5.32 Å². The number of carboxylic acid groups (broad SMARTS) is 1. The number of anilines is 1. The van der Waals surface area contributed by atoms with Gasteiger partial charge in [-0.05, 0) is 59.3 Å². The fraction of sp³-hybridized carbons (Fsp3) is 0.0714. The van der Waals surface area contributed by atoms with Crippen LogP contribution in [0.4, 0.5) is 5.69 Å². The highest BCUT2D eigenvalue weighted by Crippen LogP contribution is 2.18.